The van der Waals surface area contributed by atoms with Gasteiger partial charge in [0.25, 0.3) is 0 Å². The fourth-order valence-electron chi connectivity index (χ4n) is 2.72. The minimum atomic E-state index is 0.619. The summed E-state index contributed by atoms with van der Waals surface area (Å²) in [6, 6.07) is 9.08. The molecule has 4 heteroatoms. The lowest BCUT2D eigenvalue weighted by molar-refractivity contribution is 0.525. The number of aromatic nitrogens is 2. The smallest absolute Gasteiger partial charge is 0.207 e. The molecule has 0 atom stereocenters. The minimum absolute atomic E-state index is 0.619. The van der Waals surface area contributed by atoms with Crippen LogP contribution in [0.2, 0.25) is 0 Å². The molecule has 0 saturated heterocycles. The Labute approximate surface area is 118 Å². The van der Waals surface area contributed by atoms with Gasteiger partial charge in [-0.15, -0.1) is 11.8 Å². The lowest BCUT2D eigenvalue weighted by atomic mass is 10.2. The number of thioether (sulfide) groups is 1. The van der Waals surface area contributed by atoms with Gasteiger partial charge in [0, 0.05) is 29.0 Å². The van der Waals surface area contributed by atoms with Gasteiger partial charge in [0.1, 0.15) is 0 Å². The minimum Gasteiger partial charge on any atom is -0.326 e. The Balaban J connectivity index is 1.81. The molecule has 0 spiro atoms. The van der Waals surface area contributed by atoms with Crippen molar-refractivity contribution in [1.82, 2.24) is 9.55 Å². The van der Waals surface area contributed by atoms with Crippen LogP contribution < -0.4 is 5.32 Å². The van der Waals surface area contributed by atoms with Gasteiger partial charge in [0.2, 0.25) is 5.95 Å². The highest BCUT2D eigenvalue weighted by atomic mass is 32.2. The van der Waals surface area contributed by atoms with E-state index in [4.69, 9.17) is 0 Å². The van der Waals surface area contributed by atoms with Crippen molar-refractivity contribution >= 4 is 23.4 Å². The predicted octanol–water partition coefficient (Wildman–Crippen LogP) is 4.46. The fourth-order valence-corrected chi connectivity index (χ4v) is 3.18. The molecule has 0 aliphatic heterocycles. The monoisotopic (exact) mass is 273 g/mol. The molecule has 1 aromatic heterocycles. The molecule has 100 valence electrons. The van der Waals surface area contributed by atoms with Crippen LogP contribution in [0.4, 0.5) is 11.6 Å². The van der Waals surface area contributed by atoms with Crippen LogP contribution in [-0.4, -0.2) is 15.8 Å². The molecule has 1 saturated carbocycles. The molecule has 1 heterocycles. The summed E-state index contributed by atoms with van der Waals surface area (Å²) in [6.45, 7) is 0. The number of rotatable bonds is 4. The van der Waals surface area contributed by atoms with E-state index >= 15 is 0 Å². The van der Waals surface area contributed by atoms with Crippen molar-refractivity contribution in [1.29, 1.82) is 0 Å². The normalized spacial score (nSPS) is 15.8. The largest absolute Gasteiger partial charge is 0.326 e. The van der Waals surface area contributed by atoms with Crippen LogP contribution in [0.5, 0.6) is 0 Å². The zero-order valence-electron chi connectivity index (χ0n) is 11.2. The Morgan fingerprint density at radius 3 is 2.95 bits per heavy atom. The summed E-state index contributed by atoms with van der Waals surface area (Å²) in [5, 5.41) is 3.44. The van der Waals surface area contributed by atoms with Gasteiger partial charge in [-0.2, -0.15) is 0 Å². The molecule has 0 radical (unpaired) electrons. The Kier molecular flexibility index (Phi) is 3.78. The maximum Gasteiger partial charge on any atom is 0.207 e. The Bertz CT molecular complexity index is 544. The van der Waals surface area contributed by atoms with Gasteiger partial charge in [0.15, 0.2) is 0 Å². The predicted molar refractivity (Wildman–Crippen MR) is 81.2 cm³/mol. The molecule has 1 fully saturated rings. The van der Waals surface area contributed by atoms with Crippen molar-refractivity contribution in [3.05, 3.63) is 36.7 Å². The lowest BCUT2D eigenvalue weighted by Crippen LogP contribution is -2.07. The summed E-state index contributed by atoms with van der Waals surface area (Å²) >= 11 is 1.76. The van der Waals surface area contributed by atoms with Crippen molar-refractivity contribution < 1.29 is 0 Å². The first-order valence-corrected chi connectivity index (χ1v) is 8.03. The van der Waals surface area contributed by atoms with Crippen LogP contribution in [-0.2, 0) is 0 Å². The second kappa shape index (κ2) is 5.70. The highest BCUT2D eigenvalue weighted by Crippen LogP contribution is 2.32. The molecule has 1 aliphatic carbocycles. The number of hydrogen-bond acceptors (Lipinski definition) is 3. The number of anilines is 2. The first kappa shape index (κ1) is 12.6. The number of nitrogens with zero attached hydrogens (tertiary/aromatic N) is 2. The van der Waals surface area contributed by atoms with E-state index in [0.717, 1.165) is 11.6 Å². The van der Waals surface area contributed by atoms with E-state index in [1.54, 1.807) is 11.8 Å². The molecular weight excluding hydrogens is 254 g/mol. The van der Waals surface area contributed by atoms with Gasteiger partial charge >= 0.3 is 0 Å². The summed E-state index contributed by atoms with van der Waals surface area (Å²) in [5.41, 5.74) is 1.11. The van der Waals surface area contributed by atoms with E-state index in [9.17, 15) is 0 Å². The third kappa shape index (κ3) is 2.78. The van der Waals surface area contributed by atoms with Gasteiger partial charge in [-0.25, -0.2) is 4.98 Å². The number of benzene rings is 1. The second-order valence-corrected chi connectivity index (χ2v) is 5.83. The summed E-state index contributed by atoms with van der Waals surface area (Å²) in [7, 11) is 0. The molecule has 2 aromatic rings. The first-order chi connectivity index (χ1) is 9.36. The summed E-state index contributed by atoms with van der Waals surface area (Å²) < 4.78 is 2.29. The highest BCUT2D eigenvalue weighted by molar-refractivity contribution is 7.98. The van der Waals surface area contributed by atoms with Crippen molar-refractivity contribution in [2.45, 2.75) is 36.6 Å². The van der Waals surface area contributed by atoms with E-state index in [2.05, 4.69) is 51.6 Å². The third-order valence-corrected chi connectivity index (χ3v) is 4.44. The van der Waals surface area contributed by atoms with Gasteiger partial charge in [-0.3, -0.25) is 0 Å². The third-order valence-electron chi connectivity index (χ3n) is 3.71. The maximum absolute atomic E-state index is 4.46. The SMILES string of the molecule is CSc1cccc(Nc2nccn2C2CCCC2)c1. The molecule has 0 unspecified atom stereocenters. The van der Waals surface area contributed by atoms with Crippen molar-refractivity contribution in [2.75, 3.05) is 11.6 Å². The van der Waals surface area contributed by atoms with Gasteiger partial charge in [0.05, 0.1) is 0 Å². The molecule has 3 rings (SSSR count). The molecular formula is C15H19N3S. The standard InChI is InChI=1S/C15H19N3S/c1-19-14-8-4-5-12(11-14)17-15-16-9-10-18(15)13-6-2-3-7-13/h4-5,8-11,13H,2-3,6-7H2,1H3,(H,16,17). The quantitative estimate of drug-likeness (QED) is 0.834. The van der Waals surface area contributed by atoms with Crippen LogP contribution in [0.1, 0.15) is 31.7 Å². The topological polar surface area (TPSA) is 29.9 Å². The Morgan fingerprint density at radius 2 is 2.16 bits per heavy atom. The maximum atomic E-state index is 4.46. The van der Waals surface area contributed by atoms with Crippen LogP contribution >= 0.6 is 11.8 Å². The first-order valence-electron chi connectivity index (χ1n) is 6.81. The molecule has 3 nitrogen and oxygen atoms in total. The van der Waals surface area contributed by atoms with Gasteiger partial charge in [-0.05, 0) is 37.3 Å². The molecule has 1 N–H and O–H groups in total. The van der Waals surface area contributed by atoms with Gasteiger partial charge in [-0.1, -0.05) is 18.9 Å². The van der Waals surface area contributed by atoms with E-state index in [-0.39, 0.29) is 0 Å². The van der Waals surface area contributed by atoms with Crippen molar-refractivity contribution in [2.24, 2.45) is 0 Å². The highest BCUT2D eigenvalue weighted by Gasteiger charge is 2.19. The van der Waals surface area contributed by atoms with Crippen LogP contribution in [0.3, 0.4) is 0 Å². The van der Waals surface area contributed by atoms with E-state index in [0.29, 0.717) is 6.04 Å². The zero-order valence-corrected chi connectivity index (χ0v) is 12.0. The molecule has 1 aliphatic rings. The average Bonchev–Trinajstić information content (AvgIpc) is 3.09. The summed E-state index contributed by atoms with van der Waals surface area (Å²) in [5.74, 6) is 0.963. The van der Waals surface area contributed by atoms with Crippen LogP contribution in [0.25, 0.3) is 0 Å². The zero-order chi connectivity index (χ0) is 13.1. The molecule has 0 bridgehead atoms. The summed E-state index contributed by atoms with van der Waals surface area (Å²) in [6.07, 6.45) is 11.3. The number of nitrogens with one attached hydrogen (secondary N) is 1. The fraction of sp³-hybridized carbons (Fsp3) is 0.400. The molecule has 19 heavy (non-hydrogen) atoms. The summed E-state index contributed by atoms with van der Waals surface area (Å²) in [4.78, 5) is 5.72. The number of hydrogen-bond donors (Lipinski definition) is 1. The molecule has 1 aromatic carbocycles. The van der Waals surface area contributed by atoms with Crippen molar-refractivity contribution in [3.63, 3.8) is 0 Å². The van der Waals surface area contributed by atoms with Gasteiger partial charge < -0.3 is 9.88 Å². The van der Waals surface area contributed by atoms with Crippen LogP contribution in [0, 0.1) is 0 Å². The second-order valence-electron chi connectivity index (χ2n) is 4.95. The Hall–Kier alpha value is -1.42. The number of imidazole rings is 1. The average molecular weight is 273 g/mol. The molecule has 0 amide bonds. The van der Waals surface area contributed by atoms with Crippen LogP contribution in [0.15, 0.2) is 41.6 Å². The Morgan fingerprint density at radius 1 is 1.32 bits per heavy atom. The van der Waals surface area contributed by atoms with E-state index < -0.39 is 0 Å². The van der Waals surface area contributed by atoms with Crippen molar-refractivity contribution in [3.8, 4) is 0 Å². The van der Waals surface area contributed by atoms with E-state index in [1.165, 1.54) is 30.6 Å². The lowest BCUT2D eigenvalue weighted by Gasteiger charge is -2.15. The van der Waals surface area contributed by atoms with E-state index in [1.807, 2.05) is 6.20 Å².